The summed E-state index contributed by atoms with van der Waals surface area (Å²) >= 11 is 0. The Balaban J connectivity index is 1.59. The molecule has 0 aromatic carbocycles. The van der Waals surface area contributed by atoms with Crippen molar-refractivity contribution in [1.82, 2.24) is 16.0 Å². The van der Waals surface area contributed by atoms with Crippen LogP contribution in [0.1, 0.15) is 51.9 Å². The fraction of sp³-hybridized carbons (Fsp3) is 0.875. The second-order valence-corrected chi connectivity index (χ2v) is 6.22. The molecule has 0 atom stereocenters. The lowest BCUT2D eigenvalue weighted by atomic mass is 9.89. The number of carbonyl (C=O) groups excluding carboxylic acids is 1. The first-order valence-corrected chi connectivity index (χ1v) is 8.59. The quantitative estimate of drug-likeness (QED) is 0.380. The molecule has 0 bridgehead atoms. The number of hydrogen-bond donors (Lipinski definition) is 3. The zero-order valence-corrected chi connectivity index (χ0v) is 13.3. The average molecular weight is 294 g/mol. The molecule has 5 heteroatoms. The van der Waals surface area contributed by atoms with Crippen molar-refractivity contribution in [2.75, 3.05) is 26.2 Å². The topological polar surface area (TPSA) is 65.5 Å². The van der Waals surface area contributed by atoms with Crippen molar-refractivity contribution in [3.05, 3.63) is 0 Å². The predicted molar refractivity (Wildman–Crippen MR) is 86.3 cm³/mol. The molecule has 0 aromatic rings. The molecule has 2 rings (SSSR count). The van der Waals surface area contributed by atoms with Gasteiger partial charge in [-0.05, 0) is 38.5 Å². The summed E-state index contributed by atoms with van der Waals surface area (Å²) in [7, 11) is 0. The van der Waals surface area contributed by atoms with Crippen molar-refractivity contribution in [2.24, 2.45) is 16.8 Å². The minimum Gasteiger partial charge on any atom is -0.357 e. The zero-order chi connectivity index (χ0) is 14.9. The molecule has 2 aliphatic rings. The number of aliphatic imine (C=N–C) groups is 1. The van der Waals surface area contributed by atoms with E-state index in [2.05, 4.69) is 27.9 Å². The van der Waals surface area contributed by atoms with E-state index < -0.39 is 0 Å². The van der Waals surface area contributed by atoms with Crippen molar-refractivity contribution < 1.29 is 4.79 Å². The predicted octanol–water partition coefficient (Wildman–Crippen LogP) is 1.65. The Morgan fingerprint density at radius 3 is 2.38 bits per heavy atom. The van der Waals surface area contributed by atoms with Gasteiger partial charge in [0.2, 0.25) is 5.91 Å². The number of nitrogens with one attached hydrogen (secondary N) is 3. The second kappa shape index (κ2) is 8.90. The molecule has 0 aromatic heterocycles. The first-order chi connectivity index (χ1) is 10.3. The Hall–Kier alpha value is -1.26. The Kier molecular flexibility index (Phi) is 6.83. The summed E-state index contributed by atoms with van der Waals surface area (Å²) in [5, 5.41) is 9.57. The molecule has 2 fully saturated rings. The molecular formula is C16H30N4O. The van der Waals surface area contributed by atoms with Gasteiger partial charge in [0.25, 0.3) is 0 Å². The smallest absolute Gasteiger partial charge is 0.223 e. The molecule has 0 saturated heterocycles. The van der Waals surface area contributed by atoms with E-state index in [-0.39, 0.29) is 11.8 Å². The van der Waals surface area contributed by atoms with E-state index in [1.807, 2.05) is 0 Å². The molecule has 120 valence electrons. The Labute approximate surface area is 128 Å². The number of nitrogens with zero attached hydrogens (tertiary/aromatic N) is 1. The molecular weight excluding hydrogens is 264 g/mol. The maximum absolute atomic E-state index is 12.0. The van der Waals surface area contributed by atoms with Crippen LogP contribution in [0.3, 0.4) is 0 Å². The van der Waals surface area contributed by atoms with Gasteiger partial charge in [0.1, 0.15) is 0 Å². The number of amides is 1. The van der Waals surface area contributed by atoms with E-state index in [1.54, 1.807) is 0 Å². The van der Waals surface area contributed by atoms with Crippen LogP contribution in [0.5, 0.6) is 0 Å². The van der Waals surface area contributed by atoms with Crippen LogP contribution < -0.4 is 16.0 Å². The van der Waals surface area contributed by atoms with Gasteiger partial charge in [-0.3, -0.25) is 9.79 Å². The molecule has 0 radical (unpaired) electrons. The molecule has 2 aliphatic carbocycles. The molecule has 0 heterocycles. The summed E-state index contributed by atoms with van der Waals surface area (Å²) in [5.74, 6) is 2.15. The van der Waals surface area contributed by atoms with E-state index in [0.29, 0.717) is 6.54 Å². The summed E-state index contributed by atoms with van der Waals surface area (Å²) < 4.78 is 0. The third kappa shape index (κ3) is 6.36. The van der Waals surface area contributed by atoms with Crippen LogP contribution in [0, 0.1) is 11.8 Å². The highest BCUT2D eigenvalue weighted by Crippen LogP contribution is 2.28. The Morgan fingerprint density at radius 1 is 1.00 bits per heavy atom. The first-order valence-electron chi connectivity index (χ1n) is 8.59. The van der Waals surface area contributed by atoms with E-state index in [1.165, 1.54) is 32.1 Å². The van der Waals surface area contributed by atoms with E-state index >= 15 is 0 Å². The second-order valence-electron chi connectivity index (χ2n) is 6.22. The first kappa shape index (κ1) is 16.1. The summed E-state index contributed by atoms with van der Waals surface area (Å²) in [6.07, 6.45) is 8.45. The zero-order valence-electron chi connectivity index (χ0n) is 13.3. The van der Waals surface area contributed by atoms with E-state index in [4.69, 9.17) is 0 Å². The number of rotatable bonds is 7. The number of guanidine groups is 1. The van der Waals surface area contributed by atoms with Crippen molar-refractivity contribution in [3.8, 4) is 0 Å². The number of hydrogen-bond acceptors (Lipinski definition) is 2. The summed E-state index contributed by atoms with van der Waals surface area (Å²) in [6, 6.07) is 0. The molecule has 0 aliphatic heterocycles. The standard InChI is InChI=1S/C16H30N4O/c1-2-17-16(20-12-13-8-9-13)19-11-10-18-15(21)14-6-4-3-5-7-14/h13-14H,2-12H2,1H3,(H,18,21)(H2,17,19,20). The summed E-state index contributed by atoms with van der Waals surface area (Å²) in [5.41, 5.74) is 0. The third-order valence-corrected chi connectivity index (χ3v) is 4.24. The highest BCUT2D eigenvalue weighted by molar-refractivity contribution is 5.80. The van der Waals surface area contributed by atoms with E-state index in [0.717, 1.165) is 44.4 Å². The fourth-order valence-electron chi connectivity index (χ4n) is 2.74. The molecule has 21 heavy (non-hydrogen) atoms. The van der Waals surface area contributed by atoms with Gasteiger partial charge in [0, 0.05) is 32.1 Å². The lowest BCUT2D eigenvalue weighted by Gasteiger charge is -2.21. The van der Waals surface area contributed by atoms with Gasteiger partial charge in [-0.2, -0.15) is 0 Å². The maximum Gasteiger partial charge on any atom is 0.223 e. The van der Waals surface area contributed by atoms with Gasteiger partial charge in [0.15, 0.2) is 5.96 Å². The van der Waals surface area contributed by atoms with Crippen molar-refractivity contribution in [1.29, 1.82) is 0 Å². The normalized spacial score (nSPS) is 20.1. The molecule has 0 unspecified atom stereocenters. The van der Waals surface area contributed by atoms with Crippen LogP contribution in [0.2, 0.25) is 0 Å². The van der Waals surface area contributed by atoms with Gasteiger partial charge < -0.3 is 16.0 Å². The summed E-state index contributed by atoms with van der Waals surface area (Å²) in [4.78, 5) is 16.6. The average Bonchev–Trinajstić information content (AvgIpc) is 3.34. The van der Waals surface area contributed by atoms with E-state index in [9.17, 15) is 4.79 Å². The molecule has 3 N–H and O–H groups in total. The third-order valence-electron chi connectivity index (χ3n) is 4.24. The van der Waals surface area contributed by atoms with Gasteiger partial charge in [-0.25, -0.2) is 0 Å². The monoisotopic (exact) mass is 294 g/mol. The van der Waals surface area contributed by atoms with Crippen molar-refractivity contribution in [2.45, 2.75) is 51.9 Å². The molecule has 5 nitrogen and oxygen atoms in total. The maximum atomic E-state index is 12.0. The van der Waals surface area contributed by atoms with Crippen LogP contribution in [0.4, 0.5) is 0 Å². The highest BCUT2D eigenvalue weighted by Gasteiger charge is 2.21. The number of carbonyl (C=O) groups is 1. The minimum atomic E-state index is 0.233. The van der Waals surface area contributed by atoms with Gasteiger partial charge in [0.05, 0.1) is 0 Å². The van der Waals surface area contributed by atoms with Crippen LogP contribution in [-0.2, 0) is 4.79 Å². The molecule has 0 spiro atoms. The lowest BCUT2D eigenvalue weighted by molar-refractivity contribution is -0.125. The Bertz CT molecular complexity index is 346. The largest absolute Gasteiger partial charge is 0.357 e. The molecule has 1 amide bonds. The highest BCUT2D eigenvalue weighted by atomic mass is 16.1. The van der Waals surface area contributed by atoms with Crippen molar-refractivity contribution >= 4 is 11.9 Å². The van der Waals surface area contributed by atoms with Crippen LogP contribution in [0.25, 0.3) is 0 Å². The Morgan fingerprint density at radius 2 is 1.71 bits per heavy atom. The van der Waals surface area contributed by atoms with Crippen LogP contribution in [-0.4, -0.2) is 38.0 Å². The lowest BCUT2D eigenvalue weighted by Crippen LogP contribution is -2.42. The molecule has 2 saturated carbocycles. The van der Waals surface area contributed by atoms with Crippen LogP contribution >= 0.6 is 0 Å². The SMILES string of the molecule is CCNC(=NCC1CC1)NCCNC(=O)C1CCCCC1. The van der Waals surface area contributed by atoms with Gasteiger partial charge in [-0.1, -0.05) is 19.3 Å². The fourth-order valence-corrected chi connectivity index (χ4v) is 2.74. The van der Waals surface area contributed by atoms with Crippen molar-refractivity contribution in [3.63, 3.8) is 0 Å². The summed E-state index contributed by atoms with van der Waals surface area (Å²) in [6.45, 7) is 5.26. The van der Waals surface area contributed by atoms with Gasteiger partial charge in [-0.15, -0.1) is 0 Å². The minimum absolute atomic E-state index is 0.233. The van der Waals surface area contributed by atoms with Gasteiger partial charge >= 0.3 is 0 Å². The van der Waals surface area contributed by atoms with Crippen LogP contribution in [0.15, 0.2) is 4.99 Å².